The number of nitrogens with zero attached hydrogens (tertiary/aromatic N) is 2. The van der Waals surface area contributed by atoms with E-state index in [9.17, 15) is 21.6 Å². The highest BCUT2D eigenvalue weighted by Gasteiger charge is 2.26. The second-order valence-electron chi connectivity index (χ2n) is 6.82. The third-order valence-corrected chi connectivity index (χ3v) is 7.04. The summed E-state index contributed by atoms with van der Waals surface area (Å²) in [5.41, 5.74) is 0.239. The monoisotopic (exact) mass is 426 g/mol. The third kappa shape index (κ3) is 4.81. The Morgan fingerprint density at radius 1 is 0.964 bits per heavy atom. The Balaban J connectivity index is 1.70. The van der Waals surface area contributed by atoms with E-state index >= 15 is 0 Å². The highest BCUT2D eigenvalue weighted by atomic mass is 32.2. The number of piperidine rings is 1. The molecule has 0 aliphatic carbocycles. The number of aromatic nitrogens is 1. The van der Waals surface area contributed by atoms with Crippen LogP contribution in [0.5, 0.6) is 5.75 Å². The maximum atomic E-state index is 12.4. The zero-order valence-corrected chi connectivity index (χ0v) is 17.2. The standard InChI is InChI=1S/C18H22N2O6S2/c1-27(22,23)17-5-3-14(4-6-17)20-12-9-16(13-18(20)21)26-15-7-10-19(11-8-15)28(2,24)25/h3-6,9,12-13,15H,7-8,10-11H2,1-2H3. The molecule has 0 spiro atoms. The van der Waals surface area contributed by atoms with Crippen LogP contribution in [-0.4, -0.2) is 57.4 Å². The van der Waals surface area contributed by atoms with E-state index in [1.807, 2.05) is 0 Å². The second-order valence-corrected chi connectivity index (χ2v) is 10.8. The maximum Gasteiger partial charge on any atom is 0.258 e. The van der Waals surface area contributed by atoms with Crippen molar-refractivity contribution in [2.75, 3.05) is 25.6 Å². The average Bonchev–Trinajstić information content (AvgIpc) is 2.61. The summed E-state index contributed by atoms with van der Waals surface area (Å²) < 4.78 is 54.8. The van der Waals surface area contributed by atoms with Gasteiger partial charge in [0.1, 0.15) is 11.9 Å². The molecule has 8 nitrogen and oxygen atoms in total. The van der Waals surface area contributed by atoms with Gasteiger partial charge in [0.15, 0.2) is 9.84 Å². The lowest BCUT2D eigenvalue weighted by Crippen LogP contribution is -2.41. The normalized spacial score (nSPS) is 16.8. The number of sulfonamides is 1. The van der Waals surface area contributed by atoms with Crippen LogP contribution < -0.4 is 10.3 Å². The van der Waals surface area contributed by atoms with Crippen LogP contribution in [-0.2, 0) is 19.9 Å². The summed E-state index contributed by atoms with van der Waals surface area (Å²) in [7, 11) is -6.49. The SMILES string of the molecule is CS(=O)(=O)c1ccc(-n2ccc(OC3CCN(S(C)(=O)=O)CC3)cc2=O)cc1. The van der Waals surface area contributed by atoms with Crippen LogP contribution in [0.2, 0.25) is 0 Å². The van der Waals surface area contributed by atoms with Crippen molar-refractivity contribution in [3.8, 4) is 11.4 Å². The molecule has 3 rings (SSSR count). The molecular formula is C18H22N2O6S2. The fraction of sp³-hybridized carbons (Fsp3) is 0.389. The summed E-state index contributed by atoms with van der Waals surface area (Å²) >= 11 is 0. The summed E-state index contributed by atoms with van der Waals surface area (Å²) in [6.07, 6.45) is 4.85. The minimum atomic E-state index is -3.30. The molecule has 0 amide bonds. The van der Waals surface area contributed by atoms with Crippen molar-refractivity contribution >= 4 is 19.9 Å². The molecule has 0 atom stereocenters. The summed E-state index contributed by atoms with van der Waals surface area (Å²) in [5, 5.41) is 0. The predicted octanol–water partition coefficient (Wildman–Crippen LogP) is 1.04. The molecule has 0 saturated carbocycles. The molecule has 2 aromatic rings. The van der Waals surface area contributed by atoms with Gasteiger partial charge in [-0.15, -0.1) is 0 Å². The summed E-state index contributed by atoms with van der Waals surface area (Å²) in [4.78, 5) is 12.6. The molecule has 1 aromatic carbocycles. The smallest absolute Gasteiger partial charge is 0.258 e. The van der Waals surface area contributed by atoms with Gasteiger partial charge in [-0.1, -0.05) is 0 Å². The van der Waals surface area contributed by atoms with E-state index in [2.05, 4.69) is 0 Å². The van der Waals surface area contributed by atoms with E-state index in [0.29, 0.717) is 37.4 Å². The first-order valence-corrected chi connectivity index (χ1v) is 12.4. The van der Waals surface area contributed by atoms with Crippen molar-refractivity contribution in [3.05, 3.63) is 52.9 Å². The molecule has 0 radical (unpaired) electrons. The first kappa shape index (κ1) is 20.6. The summed E-state index contributed by atoms with van der Waals surface area (Å²) in [6, 6.07) is 9.08. The number of hydrogen-bond acceptors (Lipinski definition) is 6. The molecule has 1 saturated heterocycles. The van der Waals surface area contributed by atoms with Crippen molar-refractivity contribution in [1.82, 2.24) is 8.87 Å². The Hall–Kier alpha value is -2.17. The number of benzene rings is 1. The van der Waals surface area contributed by atoms with Gasteiger partial charge in [0.2, 0.25) is 10.0 Å². The number of rotatable bonds is 5. The molecule has 1 aliphatic heterocycles. The van der Waals surface area contributed by atoms with E-state index in [0.717, 1.165) is 6.26 Å². The Morgan fingerprint density at radius 2 is 1.57 bits per heavy atom. The van der Waals surface area contributed by atoms with Gasteiger partial charge in [-0.3, -0.25) is 9.36 Å². The van der Waals surface area contributed by atoms with E-state index < -0.39 is 19.9 Å². The van der Waals surface area contributed by atoms with Crippen LogP contribution in [0.25, 0.3) is 5.69 Å². The van der Waals surface area contributed by atoms with Crippen molar-refractivity contribution in [1.29, 1.82) is 0 Å². The number of hydrogen-bond donors (Lipinski definition) is 0. The van der Waals surface area contributed by atoms with Gasteiger partial charge in [-0.05, 0) is 43.2 Å². The molecule has 1 aromatic heterocycles. The zero-order chi connectivity index (χ0) is 20.5. The Kier molecular flexibility index (Phi) is 5.64. The lowest BCUT2D eigenvalue weighted by molar-refractivity contribution is 0.135. The summed E-state index contributed by atoms with van der Waals surface area (Å²) in [6.45, 7) is 0.792. The number of ether oxygens (including phenoxy) is 1. The van der Waals surface area contributed by atoms with Crippen molar-refractivity contribution in [2.45, 2.75) is 23.8 Å². The van der Waals surface area contributed by atoms with E-state index in [1.54, 1.807) is 24.4 Å². The van der Waals surface area contributed by atoms with Crippen LogP contribution >= 0.6 is 0 Å². The number of sulfone groups is 1. The quantitative estimate of drug-likeness (QED) is 0.708. The predicted molar refractivity (Wildman–Crippen MR) is 105 cm³/mol. The lowest BCUT2D eigenvalue weighted by atomic mass is 10.1. The molecule has 0 bridgehead atoms. The van der Waals surface area contributed by atoms with Crippen LogP contribution in [0.1, 0.15) is 12.8 Å². The third-order valence-electron chi connectivity index (χ3n) is 4.61. The van der Waals surface area contributed by atoms with Crippen LogP contribution in [0.4, 0.5) is 0 Å². The van der Waals surface area contributed by atoms with Crippen molar-refractivity contribution in [3.63, 3.8) is 0 Å². The van der Waals surface area contributed by atoms with Gasteiger partial charge < -0.3 is 4.74 Å². The molecule has 0 N–H and O–H groups in total. The Morgan fingerprint density at radius 3 is 2.07 bits per heavy atom. The topological polar surface area (TPSA) is 103 Å². The van der Waals surface area contributed by atoms with E-state index in [-0.39, 0.29) is 16.6 Å². The van der Waals surface area contributed by atoms with Gasteiger partial charge in [0.25, 0.3) is 5.56 Å². The highest BCUT2D eigenvalue weighted by Crippen LogP contribution is 2.20. The van der Waals surface area contributed by atoms with Crippen LogP contribution in [0, 0.1) is 0 Å². The Labute approximate surface area is 164 Å². The zero-order valence-electron chi connectivity index (χ0n) is 15.6. The summed E-state index contributed by atoms with van der Waals surface area (Å²) in [5.74, 6) is 0.423. The second kappa shape index (κ2) is 7.69. The molecule has 10 heteroatoms. The minimum Gasteiger partial charge on any atom is -0.490 e. The lowest BCUT2D eigenvalue weighted by Gasteiger charge is -2.30. The van der Waals surface area contributed by atoms with Gasteiger partial charge in [0.05, 0.1) is 11.2 Å². The van der Waals surface area contributed by atoms with Gasteiger partial charge >= 0.3 is 0 Å². The van der Waals surface area contributed by atoms with Crippen LogP contribution in [0.3, 0.4) is 0 Å². The molecule has 28 heavy (non-hydrogen) atoms. The highest BCUT2D eigenvalue weighted by molar-refractivity contribution is 7.90. The van der Waals surface area contributed by atoms with Crippen molar-refractivity contribution in [2.24, 2.45) is 0 Å². The Bertz CT molecular complexity index is 1110. The van der Waals surface area contributed by atoms with Gasteiger partial charge in [-0.2, -0.15) is 0 Å². The van der Waals surface area contributed by atoms with Crippen molar-refractivity contribution < 1.29 is 21.6 Å². The fourth-order valence-corrected chi connectivity index (χ4v) is 4.58. The van der Waals surface area contributed by atoms with E-state index in [4.69, 9.17) is 4.74 Å². The fourth-order valence-electron chi connectivity index (χ4n) is 3.08. The largest absolute Gasteiger partial charge is 0.490 e. The first-order valence-electron chi connectivity index (χ1n) is 8.69. The van der Waals surface area contributed by atoms with Gasteiger partial charge in [-0.25, -0.2) is 21.1 Å². The van der Waals surface area contributed by atoms with Gasteiger partial charge in [0, 0.05) is 37.3 Å². The minimum absolute atomic E-state index is 0.151. The average molecular weight is 427 g/mol. The molecule has 1 aliphatic rings. The molecule has 1 fully saturated rings. The number of pyridine rings is 1. The first-order chi connectivity index (χ1) is 13.0. The van der Waals surface area contributed by atoms with E-state index in [1.165, 1.54) is 33.3 Å². The molecule has 152 valence electrons. The molecular weight excluding hydrogens is 404 g/mol. The van der Waals surface area contributed by atoms with Crippen LogP contribution in [0.15, 0.2) is 52.3 Å². The molecule has 0 unspecified atom stereocenters. The maximum absolute atomic E-state index is 12.4. The molecule has 2 heterocycles.